The van der Waals surface area contributed by atoms with Crippen LogP contribution in [0.5, 0.6) is 0 Å². The maximum Gasteiger partial charge on any atom is -1.00 e. The van der Waals surface area contributed by atoms with E-state index in [-0.39, 0.29) is 24.8 Å². The van der Waals surface area contributed by atoms with Gasteiger partial charge in [0.25, 0.3) is 0 Å². The summed E-state index contributed by atoms with van der Waals surface area (Å²) in [5.41, 5.74) is 5.07. The average Bonchev–Trinajstić information content (AvgIpc) is 3.18. The van der Waals surface area contributed by atoms with Gasteiger partial charge in [-0.05, 0) is 0 Å². The zero-order valence-electron chi connectivity index (χ0n) is 23.6. The van der Waals surface area contributed by atoms with Crippen molar-refractivity contribution >= 4 is 3.21 Å². The van der Waals surface area contributed by atoms with E-state index in [0.29, 0.717) is 10.8 Å². The molecule has 5 aliphatic rings. The molecule has 0 saturated heterocycles. The fourth-order valence-electron chi connectivity index (χ4n) is 9.33. The zero-order valence-corrected chi connectivity index (χ0v) is 27.5. The largest absolute Gasteiger partial charge is 1.00 e. The molecular weight excluding hydrogens is 546 g/mol. The van der Waals surface area contributed by atoms with Crippen molar-refractivity contribution in [1.82, 2.24) is 0 Å². The second kappa shape index (κ2) is 11.9. The molecule has 35 heavy (non-hydrogen) atoms. The molecule has 0 heterocycles. The normalized spacial score (nSPS) is 37.7. The molecule has 0 aromatic heterocycles. The third-order valence-corrected chi connectivity index (χ3v) is 22.1. The minimum Gasteiger partial charge on any atom is -1.00 e. The van der Waals surface area contributed by atoms with E-state index in [9.17, 15) is 0 Å². The van der Waals surface area contributed by atoms with Gasteiger partial charge in [-0.15, -0.1) is 0 Å². The first-order valence-electron chi connectivity index (χ1n) is 14.8. The molecule has 198 valence electrons. The van der Waals surface area contributed by atoms with Gasteiger partial charge in [-0.1, -0.05) is 0 Å². The van der Waals surface area contributed by atoms with E-state index < -0.39 is 21.3 Å². The quantitative estimate of drug-likeness (QED) is 0.423. The monoisotopic (exact) mass is 596 g/mol. The molecule has 0 amide bonds. The molecule has 3 fully saturated rings. The van der Waals surface area contributed by atoms with E-state index in [4.69, 9.17) is 0 Å². The van der Waals surface area contributed by atoms with E-state index in [2.05, 4.69) is 56.9 Å². The summed E-state index contributed by atoms with van der Waals surface area (Å²) in [5, 5.41) is 0. The molecule has 5 rings (SSSR count). The van der Waals surface area contributed by atoms with Crippen LogP contribution in [0.1, 0.15) is 125 Å². The van der Waals surface area contributed by atoms with E-state index in [1.165, 1.54) is 83.5 Å². The predicted octanol–water partition coefficient (Wildman–Crippen LogP) is 3.91. The van der Waals surface area contributed by atoms with Crippen molar-refractivity contribution in [3.05, 3.63) is 23.3 Å². The van der Waals surface area contributed by atoms with Gasteiger partial charge in [-0.2, -0.15) is 0 Å². The minimum atomic E-state index is -1.90. The number of hydrogen-bond acceptors (Lipinski definition) is 0. The number of hydrogen-bond donors (Lipinski definition) is 0. The van der Waals surface area contributed by atoms with Gasteiger partial charge in [0, 0.05) is 0 Å². The first-order valence-corrected chi connectivity index (χ1v) is 18.9. The summed E-state index contributed by atoms with van der Waals surface area (Å²) in [6.45, 7) is 15.9. The van der Waals surface area contributed by atoms with Gasteiger partial charge in [-0.3, -0.25) is 0 Å². The molecule has 0 aromatic carbocycles. The summed E-state index contributed by atoms with van der Waals surface area (Å²) in [6, 6.07) is 0. The molecular formula is C32H52Cl2Zr. The second-order valence-corrected chi connectivity index (χ2v) is 21.3. The summed E-state index contributed by atoms with van der Waals surface area (Å²) in [4.78, 5) is 0. The van der Waals surface area contributed by atoms with Crippen LogP contribution < -0.4 is 24.8 Å². The Morgan fingerprint density at radius 1 is 0.657 bits per heavy atom. The van der Waals surface area contributed by atoms with Gasteiger partial charge in [0.2, 0.25) is 0 Å². The molecule has 5 aliphatic carbocycles. The number of fused-ring (bicyclic) bond motifs is 2. The molecule has 0 spiro atoms. The topological polar surface area (TPSA) is 0 Å². The first kappa shape index (κ1) is 30.4. The maximum absolute atomic E-state index is 2.83. The molecule has 0 bridgehead atoms. The number of rotatable bonds is 2. The van der Waals surface area contributed by atoms with Gasteiger partial charge in [-0.25, -0.2) is 0 Å². The standard InChI is InChI=1S/2C13H21.C6H10.2ClH.Zr/c2*1-10-8-11-6-4-5-7-13(2,3)12(11)9-10;1-2-4-6-5-3-1;;;/h2*6,8,10,12H,4-5,7,9H2,1-3H3;1-5H2;2*1H;/q;;;;;+2/p-2. The first-order chi connectivity index (χ1) is 15.7. The Labute approximate surface area is 237 Å². The van der Waals surface area contributed by atoms with Crippen LogP contribution in [0.15, 0.2) is 23.3 Å². The molecule has 0 aliphatic heterocycles. The van der Waals surface area contributed by atoms with Crippen molar-refractivity contribution in [3.8, 4) is 0 Å². The Morgan fingerprint density at radius 2 is 1.09 bits per heavy atom. The SMILES string of the molecule is CC1CC2C(=CCCCC2(C)C)[CH]1[Zr+2](=[C]1CCCCC1)[CH]1C2=CCCCC(C)(C)C2CC1C.[Cl-].[Cl-]. The van der Waals surface area contributed by atoms with E-state index in [1.807, 2.05) is 11.1 Å². The Bertz CT molecular complexity index is 782. The van der Waals surface area contributed by atoms with Crippen molar-refractivity contribution in [2.45, 2.75) is 132 Å². The predicted molar refractivity (Wildman–Crippen MR) is 142 cm³/mol. The molecule has 0 aromatic rings. The van der Waals surface area contributed by atoms with Crippen molar-refractivity contribution < 1.29 is 46.1 Å². The van der Waals surface area contributed by atoms with Crippen LogP contribution in [-0.2, 0) is 21.3 Å². The van der Waals surface area contributed by atoms with Crippen molar-refractivity contribution in [2.75, 3.05) is 0 Å². The molecule has 6 atom stereocenters. The van der Waals surface area contributed by atoms with Gasteiger partial charge < -0.3 is 24.8 Å². The number of allylic oxidation sites excluding steroid dienone is 4. The molecule has 0 radical (unpaired) electrons. The summed E-state index contributed by atoms with van der Waals surface area (Å²) in [6.07, 6.45) is 24.6. The van der Waals surface area contributed by atoms with Gasteiger partial charge in [0.05, 0.1) is 0 Å². The summed E-state index contributed by atoms with van der Waals surface area (Å²) >= 11 is -1.90. The fourth-order valence-corrected chi connectivity index (χ4v) is 21.7. The van der Waals surface area contributed by atoms with Crippen LogP contribution in [-0.4, -0.2) is 3.21 Å². The molecule has 0 N–H and O–H groups in total. The van der Waals surface area contributed by atoms with Gasteiger partial charge in [0.1, 0.15) is 0 Å². The van der Waals surface area contributed by atoms with E-state index >= 15 is 0 Å². The summed E-state index contributed by atoms with van der Waals surface area (Å²) < 4.78 is 4.23. The Kier molecular flexibility index (Phi) is 10.3. The molecule has 3 saturated carbocycles. The summed E-state index contributed by atoms with van der Waals surface area (Å²) in [7, 11) is 0. The van der Waals surface area contributed by atoms with E-state index in [1.54, 1.807) is 0 Å². The Hall–Kier alpha value is 0.813. The van der Waals surface area contributed by atoms with Crippen LogP contribution in [0.4, 0.5) is 0 Å². The second-order valence-electron chi connectivity index (χ2n) is 14.3. The Balaban J connectivity index is 0.00000171. The fraction of sp³-hybridized carbons (Fsp3) is 0.844. The van der Waals surface area contributed by atoms with Crippen molar-refractivity contribution in [3.63, 3.8) is 0 Å². The van der Waals surface area contributed by atoms with Crippen LogP contribution in [0, 0.1) is 34.5 Å². The van der Waals surface area contributed by atoms with Crippen molar-refractivity contribution in [2.24, 2.45) is 34.5 Å². The minimum absolute atomic E-state index is 0. The Morgan fingerprint density at radius 3 is 1.51 bits per heavy atom. The molecule has 3 heteroatoms. The van der Waals surface area contributed by atoms with Crippen LogP contribution >= 0.6 is 0 Å². The van der Waals surface area contributed by atoms with Gasteiger partial charge >= 0.3 is 215 Å². The maximum atomic E-state index is 2.83. The van der Waals surface area contributed by atoms with Crippen LogP contribution in [0.25, 0.3) is 0 Å². The third kappa shape index (κ3) is 5.74. The van der Waals surface area contributed by atoms with Gasteiger partial charge in [0.15, 0.2) is 0 Å². The smallest absolute Gasteiger partial charge is 1.00 e. The number of halogens is 2. The molecule has 0 nitrogen and oxygen atoms in total. The summed E-state index contributed by atoms with van der Waals surface area (Å²) in [5.74, 6) is 3.64. The van der Waals surface area contributed by atoms with E-state index in [0.717, 1.165) is 30.9 Å². The average molecular weight is 599 g/mol. The van der Waals surface area contributed by atoms with Crippen LogP contribution in [0.3, 0.4) is 0 Å². The molecule has 6 unspecified atom stereocenters. The third-order valence-electron chi connectivity index (χ3n) is 11.1. The van der Waals surface area contributed by atoms with Crippen molar-refractivity contribution in [1.29, 1.82) is 0 Å². The zero-order chi connectivity index (χ0) is 23.4. The van der Waals surface area contributed by atoms with Crippen LogP contribution in [0.2, 0.25) is 7.25 Å².